The Morgan fingerprint density at radius 1 is 1.00 bits per heavy atom. The van der Waals surface area contributed by atoms with Gasteiger partial charge in [0.25, 0.3) is 5.56 Å². The molecule has 0 atom stereocenters. The molecule has 0 aliphatic rings. The van der Waals surface area contributed by atoms with Crippen LogP contribution in [0.4, 0.5) is 5.69 Å². The molecule has 0 aliphatic heterocycles. The van der Waals surface area contributed by atoms with Crippen molar-refractivity contribution in [2.75, 3.05) is 11.9 Å². The van der Waals surface area contributed by atoms with Crippen molar-refractivity contribution in [2.45, 2.75) is 44.0 Å². The molecule has 0 radical (unpaired) electrons. The number of benzene rings is 2. The third kappa shape index (κ3) is 5.26. The number of ether oxygens (including phenoxy) is 1. The number of nitrogens with zero attached hydrogens (tertiary/aromatic N) is 1. The summed E-state index contributed by atoms with van der Waals surface area (Å²) in [5.41, 5.74) is 1.49. The number of carbonyl (C=O) groups is 2. The highest BCUT2D eigenvalue weighted by Crippen LogP contribution is 2.22. The molecule has 3 rings (SSSR count). The number of aryl methyl sites for hydroxylation is 3. The largest absolute Gasteiger partial charge is 0.462 e. The molecule has 3 aromatic rings. The van der Waals surface area contributed by atoms with Gasteiger partial charge in [-0.2, -0.15) is 0 Å². The van der Waals surface area contributed by atoms with Gasteiger partial charge in [-0.1, -0.05) is 23.8 Å². The van der Waals surface area contributed by atoms with Crippen molar-refractivity contribution in [1.29, 1.82) is 0 Å². The van der Waals surface area contributed by atoms with Gasteiger partial charge in [-0.3, -0.25) is 9.59 Å². The maximum Gasteiger partial charge on any atom is 0.338 e. The molecule has 0 spiro atoms. The number of hydrogen-bond acceptors (Lipinski definition) is 6. The third-order valence-corrected chi connectivity index (χ3v) is 7.13. The lowest BCUT2D eigenvalue weighted by molar-refractivity contribution is -0.116. The number of amides is 1. The van der Waals surface area contributed by atoms with Crippen molar-refractivity contribution in [2.24, 2.45) is 0 Å². The molecule has 0 fully saturated rings. The van der Waals surface area contributed by atoms with Crippen molar-refractivity contribution in [3.63, 3.8) is 0 Å². The number of pyridine rings is 1. The van der Waals surface area contributed by atoms with Gasteiger partial charge in [-0.05, 0) is 69.7 Å². The van der Waals surface area contributed by atoms with E-state index in [1.54, 1.807) is 57.2 Å². The van der Waals surface area contributed by atoms with Crippen LogP contribution in [0.3, 0.4) is 0 Å². The van der Waals surface area contributed by atoms with Crippen LogP contribution in [-0.2, 0) is 25.9 Å². The molecule has 178 valence electrons. The Morgan fingerprint density at radius 3 is 2.32 bits per heavy atom. The molecular weight excluding hydrogens is 456 g/mol. The topological polar surface area (TPSA) is 112 Å². The zero-order valence-electron chi connectivity index (χ0n) is 19.4. The maximum atomic E-state index is 13.2. The molecule has 1 aromatic heterocycles. The first-order valence-electron chi connectivity index (χ1n) is 10.6. The minimum absolute atomic E-state index is 0.00827. The van der Waals surface area contributed by atoms with Crippen molar-refractivity contribution in [1.82, 2.24) is 4.57 Å². The number of aromatic nitrogens is 1. The first-order valence-corrected chi connectivity index (χ1v) is 12.1. The average Bonchev–Trinajstić information content (AvgIpc) is 2.77. The lowest BCUT2D eigenvalue weighted by Crippen LogP contribution is -2.33. The van der Waals surface area contributed by atoms with Gasteiger partial charge < -0.3 is 14.6 Å². The second-order valence-corrected chi connectivity index (χ2v) is 9.74. The van der Waals surface area contributed by atoms with E-state index in [-0.39, 0.29) is 22.0 Å². The molecule has 0 aliphatic carbocycles. The summed E-state index contributed by atoms with van der Waals surface area (Å²) >= 11 is 0. The summed E-state index contributed by atoms with van der Waals surface area (Å²) in [7, 11) is -4.09. The van der Waals surface area contributed by atoms with Crippen molar-refractivity contribution in [3.05, 3.63) is 87.3 Å². The summed E-state index contributed by atoms with van der Waals surface area (Å²) in [5, 5.41) is 2.64. The van der Waals surface area contributed by atoms with E-state index >= 15 is 0 Å². The molecule has 0 bridgehead atoms. The summed E-state index contributed by atoms with van der Waals surface area (Å²) in [5.74, 6) is -1.07. The molecule has 34 heavy (non-hydrogen) atoms. The van der Waals surface area contributed by atoms with Gasteiger partial charge in [-0.25, -0.2) is 13.2 Å². The zero-order valence-corrected chi connectivity index (χ0v) is 20.2. The van der Waals surface area contributed by atoms with Crippen LogP contribution in [0.15, 0.2) is 69.2 Å². The van der Waals surface area contributed by atoms with Crippen molar-refractivity contribution in [3.8, 4) is 0 Å². The van der Waals surface area contributed by atoms with E-state index < -0.39 is 33.8 Å². The van der Waals surface area contributed by atoms with Gasteiger partial charge in [0.05, 0.1) is 17.1 Å². The first kappa shape index (κ1) is 24.9. The second-order valence-electron chi connectivity index (χ2n) is 7.86. The van der Waals surface area contributed by atoms with E-state index in [1.165, 1.54) is 18.2 Å². The first-order chi connectivity index (χ1) is 16.0. The number of rotatable bonds is 7. The molecule has 1 amide bonds. The number of hydrogen-bond donors (Lipinski definition) is 1. The normalized spacial score (nSPS) is 11.2. The smallest absolute Gasteiger partial charge is 0.338 e. The number of anilines is 1. The van der Waals surface area contributed by atoms with Gasteiger partial charge in [0.15, 0.2) is 0 Å². The SMILES string of the molecule is CCOC(=O)c1cccc(NC(=O)Cn2c(C)cc(C)c(S(=O)(=O)c3ccc(C)cc3)c2=O)c1. The fourth-order valence-corrected chi connectivity index (χ4v) is 5.10. The second kappa shape index (κ2) is 10.0. The van der Waals surface area contributed by atoms with Crippen LogP contribution in [-0.4, -0.2) is 31.5 Å². The van der Waals surface area contributed by atoms with Crippen LogP contribution in [0.1, 0.15) is 34.1 Å². The lowest BCUT2D eigenvalue weighted by Gasteiger charge is -2.15. The molecule has 0 saturated carbocycles. The molecule has 1 N–H and O–H groups in total. The minimum atomic E-state index is -4.09. The quantitative estimate of drug-likeness (QED) is 0.517. The molecule has 0 unspecified atom stereocenters. The van der Waals surface area contributed by atoms with Gasteiger partial charge in [0, 0.05) is 11.4 Å². The lowest BCUT2D eigenvalue weighted by atomic mass is 10.2. The Kier molecular flexibility index (Phi) is 7.36. The minimum Gasteiger partial charge on any atom is -0.462 e. The summed E-state index contributed by atoms with van der Waals surface area (Å²) in [6, 6.07) is 14.0. The predicted molar refractivity (Wildman–Crippen MR) is 128 cm³/mol. The Morgan fingerprint density at radius 2 is 1.68 bits per heavy atom. The highest BCUT2D eigenvalue weighted by molar-refractivity contribution is 7.91. The fraction of sp³-hybridized carbons (Fsp3) is 0.240. The number of nitrogens with one attached hydrogen (secondary N) is 1. The summed E-state index contributed by atoms with van der Waals surface area (Å²) < 4.78 is 32.5. The zero-order chi connectivity index (χ0) is 25.0. The van der Waals surface area contributed by atoms with Gasteiger partial charge in [0.1, 0.15) is 11.4 Å². The van der Waals surface area contributed by atoms with Crippen LogP contribution in [0.25, 0.3) is 0 Å². The van der Waals surface area contributed by atoms with E-state index in [1.807, 2.05) is 6.92 Å². The van der Waals surface area contributed by atoms with E-state index in [2.05, 4.69) is 5.32 Å². The predicted octanol–water partition coefficient (Wildman–Crippen LogP) is 3.42. The number of sulfone groups is 1. The highest BCUT2D eigenvalue weighted by atomic mass is 32.2. The Labute approximate surface area is 198 Å². The van der Waals surface area contributed by atoms with E-state index in [9.17, 15) is 22.8 Å². The fourth-order valence-electron chi connectivity index (χ4n) is 3.55. The average molecular weight is 483 g/mol. The monoisotopic (exact) mass is 482 g/mol. The standard InChI is InChI=1S/C25H26N2O6S/c1-5-33-25(30)19-7-6-8-20(14-19)26-22(28)15-27-18(4)13-17(3)23(24(27)29)34(31,32)21-11-9-16(2)10-12-21/h6-14H,5,15H2,1-4H3,(H,26,28). The van der Waals surface area contributed by atoms with Crippen LogP contribution in [0.2, 0.25) is 0 Å². The van der Waals surface area contributed by atoms with E-state index in [4.69, 9.17) is 4.74 Å². The molecule has 1 heterocycles. The van der Waals surface area contributed by atoms with Gasteiger partial charge in [0.2, 0.25) is 15.7 Å². The van der Waals surface area contributed by atoms with Crippen LogP contribution >= 0.6 is 0 Å². The Bertz CT molecular complexity index is 1410. The van der Waals surface area contributed by atoms with Crippen LogP contribution in [0, 0.1) is 20.8 Å². The van der Waals surface area contributed by atoms with Gasteiger partial charge in [-0.15, -0.1) is 0 Å². The van der Waals surface area contributed by atoms with E-state index in [0.29, 0.717) is 16.9 Å². The van der Waals surface area contributed by atoms with Gasteiger partial charge >= 0.3 is 5.97 Å². The van der Waals surface area contributed by atoms with Crippen molar-refractivity contribution < 1.29 is 22.7 Å². The van der Waals surface area contributed by atoms with Crippen molar-refractivity contribution >= 4 is 27.4 Å². The van der Waals surface area contributed by atoms with E-state index in [0.717, 1.165) is 10.1 Å². The number of carbonyl (C=O) groups excluding carboxylic acids is 2. The Balaban J connectivity index is 1.92. The summed E-state index contributed by atoms with van der Waals surface area (Å²) in [6.07, 6.45) is 0. The molecule has 8 nitrogen and oxygen atoms in total. The van der Waals surface area contributed by atoms with Crippen LogP contribution < -0.4 is 10.9 Å². The summed E-state index contributed by atoms with van der Waals surface area (Å²) in [4.78, 5) is 37.5. The molecule has 0 saturated heterocycles. The summed E-state index contributed by atoms with van der Waals surface area (Å²) in [6.45, 7) is 6.54. The van der Waals surface area contributed by atoms with Crippen LogP contribution in [0.5, 0.6) is 0 Å². The maximum absolute atomic E-state index is 13.2. The Hall–Kier alpha value is -3.72. The molecular formula is C25H26N2O6S. The number of esters is 1. The molecule has 9 heteroatoms. The third-order valence-electron chi connectivity index (χ3n) is 5.21. The molecule has 2 aromatic carbocycles. The highest BCUT2D eigenvalue weighted by Gasteiger charge is 2.26.